The number of amides is 2. The van der Waals surface area contributed by atoms with Crippen LogP contribution in [0.4, 0.5) is 5.69 Å². The summed E-state index contributed by atoms with van der Waals surface area (Å²) in [6.45, 7) is 0. The van der Waals surface area contributed by atoms with Crippen LogP contribution in [0.2, 0.25) is 5.02 Å². The Bertz CT molecular complexity index is 1540. The SMILES string of the molecule is COc1ccc(NC(=O)CC2S/C(=N/N=C/c3cn(-c4ccccc4)nc3-c3ccc(Cl)cc3)NC2=O)cc1. The molecule has 1 aliphatic rings. The molecular weight excluding hydrogens is 536 g/mol. The van der Waals surface area contributed by atoms with Gasteiger partial charge in [0.15, 0.2) is 5.17 Å². The van der Waals surface area contributed by atoms with Crippen LogP contribution in [0.15, 0.2) is 95.3 Å². The van der Waals surface area contributed by atoms with E-state index < -0.39 is 5.25 Å². The average molecular weight is 559 g/mol. The van der Waals surface area contributed by atoms with Crippen molar-refractivity contribution in [3.63, 3.8) is 0 Å². The van der Waals surface area contributed by atoms with Crippen LogP contribution in [-0.2, 0) is 9.59 Å². The minimum atomic E-state index is -0.609. The summed E-state index contributed by atoms with van der Waals surface area (Å²) < 4.78 is 6.89. The van der Waals surface area contributed by atoms with Gasteiger partial charge in [-0.2, -0.15) is 10.2 Å². The van der Waals surface area contributed by atoms with E-state index >= 15 is 0 Å². The zero-order chi connectivity index (χ0) is 27.2. The molecule has 1 aromatic heterocycles. The van der Waals surface area contributed by atoms with Crippen molar-refractivity contribution in [2.24, 2.45) is 10.2 Å². The first-order valence-corrected chi connectivity index (χ1v) is 13.2. The third kappa shape index (κ3) is 6.54. The number of thioether (sulfide) groups is 1. The minimum Gasteiger partial charge on any atom is -0.497 e. The van der Waals surface area contributed by atoms with Gasteiger partial charge >= 0.3 is 0 Å². The maximum absolute atomic E-state index is 12.5. The van der Waals surface area contributed by atoms with Gasteiger partial charge in [-0.05, 0) is 48.5 Å². The number of amidine groups is 1. The lowest BCUT2D eigenvalue weighted by molar-refractivity contribution is -0.122. The Balaban J connectivity index is 1.28. The van der Waals surface area contributed by atoms with Crippen LogP contribution in [-0.4, -0.2) is 45.3 Å². The van der Waals surface area contributed by atoms with Gasteiger partial charge < -0.3 is 15.4 Å². The van der Waals surface area contributed by atoms with Gasteiger partial charge in [0, 0.05) is 34.5 Å². The smallest absolute Gasteiger partial charge is 0.240 e. The first-order valence-electron chi connectivity index (χ1n) is 11.9. The molecule has 0 saturated carbocycles. The molecule has 1 unspecified atom stereocenters. The number of hydrogen-bond donors (Lipinski definition) is 2. The third-order valence-electron chi connectivity index (χ3n) is 5.75. The Morgan fingerprint density at radius 2 is 1.87 bits per heavy atom. The van der Waals surface area contributed by atoms with Gasteiger partial charge in [-0.3, -0.25) is 9.59 Å². The fourth-order valence-corrected chi connectivity index (χ4v) is 4.86. The molecule has 9 nitrogen and oxygen atoms in total. The van der Waals surface area contributed by atoms with Crippen molar-refractivity contribution in [1.29, 1.82) is 0 Å². The van der Waals surface area contributed by atoms with Crippen LogP contribution in [0, 0.1) is 0 Å². The summed E-state index contributed by atoms with van der Waals surface area (Å²) >= 11 is 7.23. The predicted molar refractivity (Wildman–Crippen MR) is 155 cm³/mol. The number of ether oxygens (including phenoxy) is 1. The number of aromatic nitrogens is 2. The van der Waals surface area contributed by atoms with E-state index in [1.807, 2.05) is 48.7 Å². The van der Waals surface area contributed by atoms with E-state index in [1.54, 1.807) is 54.4 Å². The molecule has 39 heavy (non-hydrogen) atoms. The number of anilines is 1. The number of methoxy groups -OCH3 is 1. The highest BCUT2D eigenvalue weighted by Gasteiger charge is 2.32. The number of benzene rings is 3. The molecule has 1 fully saturated rings. The maximum atomic E-state index is 12.5. The second kappa shape index (κ2) is 12.0. The highest BCUT2D eigenvalue weighted by Crippen LogP contribution is 2.26. The van der Waals surface area contributed by atoms with Gasteiger partial charge in [-0.25, -0.2) is 4.68 Å². The van der Waals surface area contributed by atoms with Gasteiger partial charge in [0.1, 0.15) is 16.7 Å². The fraction of sp³-hybridized carbons (Fsp3) is 0.107. The van der Waals surface area contributed by atoms with Crippen molar-refractivity contribution in [1.82, 2.24) is 15.1 Å². The van der Waals surface area contributed by atoms with E-state index in [-0.39, 0.29) is 18.2 Å². The molecule has 0 radical (unpaired) electrons. The molecule has 0 bridgehead atoms. The Hall–Kier alpha value is -4.41. The number of para-hydroxylation sites is 1. The number of halogens is 1. The van der Waals surface area contributed by atoms with Gasteiger partial charge in [-0.1, -0.05) is 53.7 Å². The highest BCUT2D eigenvalue weighted by atomic mass is 35.5. The molecule has 2 amide bonds. The molecule has 5 rings (SSSR count). The maximum Gasteiger partial charge on any atom is 0.240 e. The largest absolute Gasteiger partial charge is 0.497 e. The number of hydrogen-bond acceptors (Lipinski definition) is 7. The van der Waals surface area contributed by atoms with Crippen molar-refractivity contribution in [2.45, 2.75) is 11.7 Å². The van der Waals surface area contributed by atoms with Gasteiger partial charge in [0.25, 0.3) is 0 Å². The van der Waals surface area contributed by atoms with Gasteiger partial charge in [0.05, 0.1) is 19.0 Å². The second-order valence-corrected chi connectivity index (χ2v) is 10.1. The van der Waals surface area contributed by atoms with Crippen molar-refractivity contribution in [3.8, 4) is 22.7 Å². The molecule has 2 N–H and O–H groups in total. The van der Waals surface area contributed by atoms with Crippen LogP contribution in [0.1, 0.15) is 12.0 Å². The molecule has 1 aliphatic heterocycles. The Morgan fingerprint density at radius 1 is 1.13 bits per heavy atom. The van der Waals surface area contributed by atoms with Crippen LogP contribution < -0.4 is 15.4 Å². The number of rotatable bonds is 8. The summed E-state index contributed by atoms with van der Waals surface area (Å²) in [5, 5.41) is 18.9. The van der Waals surface area contributed by atoms with Crippen LogP contribution in [0.25, 0.3) is 16.9 Å². The van der Waals surface area contributed by atoms with Crippen LogP contribution in [0.5, 0.6) is 5.75 Å². The lowest BCUT2D eigenvalue weighted by Crippen LogP contribution is -2.28. The summed E-state index contributed by atoms with van der Waals surface area (Å²) in [5.41, 5.74) is 3.82. The molecule has 4 aromatic rings. The molecule has 0 aliphatic carbocycles. The van der Waals surface area contributed by atoms with Crippen molar-refractivity contribution in [2.75, 3.05) is 12.4 Å². The fourth-order valence-electron chi connectivity index (χ4n) is 3.81. The first kappa shape index (κ1) is 26.2. The summed E-state index contributed by atoms with van der Waals surface area (Å²) in [6, 6.07) is 24.1. The van der Waals surface area contributed by atoms with E-state index in [4.69, 9.17) is 21.4 Å². The van der Waals surface area contributed by atoms with Crippen molar-refractivity contribution < 1.29 is 14.3 Å². The summed E-state index contributed by atoms with van der Waals surface area (Å²) in [4.78, 5) is 24.9. The van der Waals surface area contributed by atoms with Crippen LogP contribution in [0.3, 0.4) is 0 Å². The van der Waals surface area contributed by atoms with Crippen molar-refractivity contribution >= 4 is 52.2 Å². The van der Waals surface area contributed by atoms with Gasteiger partial charge in [0.2, 0.25) is 11.8 Å². The Kier molecular flexibility index (Phi) is 8.04. The van der Waals surface area contributed by atoms with Crippen LogP contribution >= 0.6 is 23.4 Å². The number of nitrogens with zero attached hydrogens (tertiary/aromatic N) is 4. The molecule has 3 aromatic carbocycles. The number of carbonyl (C=O) groups is 2. The Labute approximate surface area is 233 Å². The molecule has 11 heteroatoms. The third-order valence-corrected chi connectivity index (χ3v) is 7.07. The average Bonchev–Trinajstić information content (AvgIpc) is 3.53. The number of nitrogens with one attached hydrogen (secondary N) is 2. The van der Waals surface area contributed by atoms with Gasteiger partial charge in [-0.15, -0.1) is 5.10 Å². The zero-order valence-corrected chi connectivity index (χ0v) is 22.3. The summed E-state index contributed by atoms with van der Waals surface area (Å²) in [5.74, 6) is 0.115. The molecular formula is C28H23ClN6O3S. The predicted octanol–water partition coefficient (Wildman–Crippen LogP) is 5.15. The second-order valence-electron chi connectivity index (χ2n) is 8.45. The molecule has 1 atom stereocenters. The van der Waals surface area contributed by atoms with E-state index in [1.165, 1.54) is 0 Å². The van der Waals surface area contributed by atoms with E-state index in [0.29, 0.717) is 27.3 Å². The lowest BCUT2D eigenvalue weighted by atomic mass is 10.1. The summed E-state index contributed by atoms with van der Waals surface area (Å²) in [6.07, 6.45) is 3.44. The first-order chi connectivity index (χ1) is 19.0. The normalized spacial score (nSPS) is 16.0. The zero-order valence-electron chi connectivity index (χ0n) is 20.7. The topological polar surface area (TPSA) is 110 Å². The van der Waals surface area contributed by atoms with E-state index in [0.717, 1.165) is 28.6 Å². The molecule has 0 spiro atoms. The monoisotopic (exact) mass is 558 g/mol. The lowest BCUT2D eigenvalue weighted by Gasteiger charge is -2.08. The summed E-state index contributed by atoms with van der Waals surface area (Å²) in [7, 11) is 1.57. The highest BCUT2D eigenvalue weighted by molar-refractivity contribution is 8.15. The van der Waals surface area contributed by atoms with Crippen molar-refractivity contribution in [3.05, 3.63) is 95.6 Å². The quantitative estimate of drug-likeness (QED) is 0.229. The van der Waals surface area contributed by atoms with E-state index in [2.05, 4.69) is 20.8 Å². The van der Waals surface area contributed by atoms with E-state index in [9.17, 15) is 9.59 Å². The molecule has 1 saturated heterocycles. The molecule has 2 heterocycles. The Morgan fingerprint density at radius 3 is 2.59 bits per heavy atom. The molecule has 196 valence electrons. The minimum absolute atomic E-state index is 0.00414. The standard InChI is InChI=1S/C28H23ClN6O3S/c1-38-23-13-11-21(12-14-23)31-25(36)15-24-27(37)32-28(39-24)33-30-16-19-17-35(22-5-3-2-4-6-22)34-26(19)18-7-9-20(29)10-8-18/h2-14,16-17,24H,15H2,1H3,(H,31,36)(H,32,33,37)/b30-16+. The number of carbonyl (C=O) groups excluding carboxylic acids is 2.